The molecule has 1 N–H and O–H groups in total. The number of hydrogen-bond acceptors (Lipinski definition) is 7. The molecule has 0 saturated heterocycles. The Hall–Kier alpha value is -4.46. The number of anilines is 3. The van der Waals surface area contributed by atoms with Crippen LogP contribution < -0.4 is 15.2 Å². The molecule has 0 fully saturated rings. The van der Waals surface area contributed by atoms with Gasteiger partial charge in [-0.3, -0.25) is 20.5 Å². The van der Waals surface area contributed by atoms with Gasteiger partial charge in [0.2, 0.25) is 5.82 Å². The van der Waals surface area contributed by atoms with Gasteiger partial charge in [-0.25, -0.2) is 4.98 Å². The maximum atomic E-state index is 12.0. The molecule has 3 aromatic carbocycles. The summed E-state index contributed by atoms with van der Waals surface area (Å²) in [4.78, 5) is 19.6. The third-order valence-corrected chi connectivity index (χ3v) is 4.76. The number of para-hydroxylation sites is 2. The first-order valence-corrected chi connectivity index (χ1v) is 10.1. The van der Waals surface area contributed by atoms with E-state index in [1.807, 2.05) is 79.7 Å². The molecule has 0 aliphatic heterocycles. The molecule has 0 spiro atoms. The number of nitrogens with zero attached hydrogens (tertiary/aromatic N) is 4. The Kier molecular flexibility index (Phi) is 6.22. The summed E-state index contributed by atoms with van der Waals surface area (Å²) >= 11 is 0. The second kappa shape index (κ2) is 9.57. The second-order valence-electron chi connectivity index (χ2n) is 6.85. The molecule has 0 aliphatic carbocycles. The Bertz CT molecular complexity index is 1150. The van der Waals surface area contributed by atoms with Gasteiger partial charge < -0.3 is 4.74 Å². The molecule has 0 atom stereocenters. The first-order chi connectivity index (χ1) is 15.7. The monoisotopic (exact) mass is 427 g/mol. The lowest BCUT2D eigenvalue weighted by Crippen LogP contribution is -2.25. The number of benzene rings is 3. The lowest BCUT2D eigenvalue weighted by Gasteiger charge is -2.25. The largest absolute Gasteiger partial charge is 0.434 e. The molecule has 4 aromatic rings. The van der Waals surface area contributed by atoms with Crippen molar-refractivity contribution in [1.82, 2.24) is 9.97 Å². The Morgan fingerprint density at radius 1 is 0.906 bits per heavy atom. The predicted octanol–water partition coefficient (Wildman–Crippen LogP) is 5.90. The highest BCUT2D eigenvalue weighted by atomic mass is 16.6. The van der Waals surface area contributed by atoms with Crippen LogP contribution >= 0.6 is 0 Å². The van der Waals surface area contributed by atoms with Gasteiger partial charge in [-0.1, -0.05) is 55.5 Å². The van der Waals surface area contributed by atoms with E-state index in [4.69, 9.17) is 4.74 Å². The van der Waals surface area contributed by atoms with Crippen molar-refractivity contribution in [2.45, 2.75) is 13.3 Å². The van der Waals surface area contributed by atoms with Gasteiger partial charge in [-0.15, -0.1) is 0 Å². The fraction of sp³-hybridized carbons (Fsp3) is 0.0833. The van der Waals surface area contributed by atoms with Crippen molar-refractivity contribution < 1.29 is 9.66 Å². The van der Waals surface area contributed by atoms with Crippen LogP contribution in [0.3, 0.4) is 0 Å². The van der Waals surface area contributed by atoms with Crippen molar-refractivity contribution in [3.63, 3.8) is 0 Å². The third-order valence-electron chi connectivity index (χ3n) is 4.76. The molecule has 1 heterocycles. The van der Waals surface area contributed by atoms with Crippen molar-refractivity contribution in [2.24, 2.45) is 0 Å². The number of nitro groups is 1. The minimum absolute atomic E-state index is 0.0119. The number of aromatic nitrogens is 2. The van der Waals surface area contributed by atoms with Gasteiger partial charge in [0.05, 0.1) is 16.3 Å². The average Bonchev–Trinajstić information content (AvgIpc) is 2.84. The third kappa shape index (κ3) is 4.65. The van der Waals surface area contributed by atoms with Gasteiger partial charge in [0, 0.05) is 0 Å². The van der Waals surface area contributed by atoms with Crippen molar-refractivity contribution in [1.29, 1.82) is 0 Å². The minimum Gasteiger partial charge on any atom is -0.434 e. The quantitative estimate of drug-likeness (QED) is 0.276. The fourth-order valence-electron chi connectivity index (χ4n) is 3.13. The van der Waals surface area contributed by atoms with Crippen LogP contribution in [0.4, 0.5) is 22.9 Å². The molecule has 8 heteroatoms. The Balaban J connectivity index is 1.71. The van der Waals surface area contributed by atoms with Crippen LogP contribution in [-0.4, -0.2) is 14.9 Å². The maximum absolute atomic E-state index is 12.0. The van der Waals surface area contributed by atoms with E-state index in [0.29, 0.717) is 5.75 Å². The normalized spacial score (nSPS) is 10.4. The van der Waals surface area contributed by atoms with Crippen molar-refractivity contribution >= 4 is 22.9 Å². The molecule has 0 saturated carbocycles. The molecule has 32 heavy (non-hydrogen) atoms. The van der Waals surface area contributed by atoms with Gasteiger partial charge >= 0.3 is 11.6 Å². The van der Waals surface area contributed by atoms with E-state index >= 15 is 0 Å². The van der Waals surface area contributed by atoms with E-state index in [9.17, 15) is 10.1 Å². The summed E-state index contributed by atoms with van der Waals surface area (Å²) in [6.07, 6.45) is 2.12. The molecule has 0 aliphatic rings. The topological polar surface area (TPSA) is 93.4 Å². The molecular formula is C24H21N5O3. The fourth-order valence-corrected chi connectivity index (χ4v) is 3.13. The van der Waals surface area contributed by atoms with Gasteiger partial charge in [0.25, 0.3) is 0 Å². The summed E-state index contributed by atoms with van der Waals surface area (Å²) in [6.45, 7) is 2.05. The number of hydrazine groups is 1. The zero-order valence-electron chi connectivity index (χ0n) is 17.4. The highest BCUT2D eigenvalue weighted by Crippen LogP contribution is 2.36. The Labute approximate surface area is 185 Å². The van der Waals surface area contributed by atoms with Crippen LogP contribution in [0.25, 0.3) is 0 Å². The zero-order valence-corrected chi connectivity index (χ0v) is 17.4. The molecule has 4 rings (SSSR count). The lowest BCUT2D eigenvalue weighted by atomic mass is 10.2. The summed E-state index contributed by atoms with van der Waals surface area (Å²) in [7, 11) is 0. The first kappa shape index (κ1) is 20.8. The zero-order chi connectivity index (χ0) is 22.3. The number of nitrogens with one attached hydrogen (secondary N) is 1. The summed E-state index contributed by atoms with van der Waals surface area (Å²) in [5, 5.41) is 13.7. The van der Waals surface area contributed by atoms with Crippen LogP contribution in [-0.2, 0) is 6.42 Å². The smallest absolute Gasteiger partial charge is 0.374 e. The molecule has 0 unspecified atom stereocenters. The summed E-state index contributed by atoms with van der Waals surface area (Å²) < 4.78 is 5.75. The van der Waals surface area contributed by atoms with E-state index in [1.165, 1.54) is 6.33 Å². The van der Waals surface area contributed by atoms with Crippen LogP contribution in [0.5, 0.6) is 11.6 Å². The first-order valence-electron chi connectivity index (χ1n) is 10.1. The number of ether oxygens (including phenoxy) is 1. The van der Waals surface area contributed by atoms with E-state index in [1.54, 1.807) is 17.1 Å². The molecule has 0 bridgehead atoms. The molecule has 160 valence electrons. The molecule has 1 aromatic heterocycles. The van der Waals surface area contributed by atoms with E-state index in [2.05, 4.69) is 15.4 Å². The second-order valence-corrected chi connectivity index (χ2v) is 6.85. The standard InChI is InChI=1S/C24H21N5O3/c1-2-18-13-15-21(16-14-18)32-24-22(29(30)31)23(25-17-26-24)27-28(19-9-5-3-6-10-19)20-11-7-4-8-12-20/h3-17H,2H2,1H3,(H,25,26,27). The molecule has 0 amide bonds. The molecule has 8 nitrogen and oxygen atoms in total. The summed E-state index contributed by atoms with van der Waals surface area (Å²) in [5.74, 6) is 0.327. The van der Waals surface area contributed by atoms with Crippen molar-refractivity contribution in [2.75, 3.05) is 10.4 Å². The summed E-state index contributed by atoms with van der Waals surface area (Å²) in [5.41, 5.74) is 5.41. The SMILES string of the molecule is CCc1ccc(Oc2ncnc(NN(c3ccccc3)c3ccccc3)c2[N+](=O)[O-])cc1. The minimum atomic E-state index is -0.549. The maximum Gasteiger partial charge on any atom is 0.374 e. The van der Waals surface area contributed by atoms with E-state index in [0.717, 1.165) is 23.4 Å². The van der Waals surface area contributed by atoms with Gasteiger partial charge in [0.1, 0.15) is 12.1 Å². The Morgan fingerprint density at radius 3 is 2.03 bits per heavy atom. The van der Waals surface area contributed by atoms with Crippen molar-refractivity contribution in [3.05, 3.63) is 107 Å². The summed E-state index contributed by atoms with van der Waals surface area (Å²) in [6, 6.07) is 26.2. The van der Waals surface area contributed by atoms with Crippen molar-refractivity contribution in [3.8, 4) is 11.6 Å². The average molecular weight is 427 g/mol. The number of hydrogen-bond donors (Lipinski definition) is 1. The van der Waals surface area contributed by atoms with Crippen LogP contribution in [0.15, 0.2) is 91.3 Å². The van der Waals surface area contributed by atoms with Gasteiger partial charge in [-0.2, -0.15) is 4.98 Å². The molecular weight excluding hydrogens is 406 g/mol. The van der Waals surface area contributed by atoms with Crippen LogP contribution in [0, 0.1) is 10.1 Å². The molecule has 0 radical (unpaired) electrons. The Morgan fingerprint density at radius 2 is 1.50 bits per heavy atom. The van der Waals surface area contributed by atoms with Gasteiger partial charge in [-0.05, 0) is 48.4 Å². The highest BCUT2D eigenvalue weighted by Gasteiger charge is 2.27. The predicted molar refractivity (Wildman–Crippen MR) is 123 cm³/mol. The number of aryl methyl sites for hydroxylation is 1. The van der Waals surface area contributed by atoms with E-state index < -0.39 is 4.92 Å². The lowest BCUT2D eigenvalue weighted by molar-refractivity contribution is -0.385. The van der Waals surface area contributed by atoms with Crippen LogP contribution in [0.1, 0.15) is 12.5 Å². The number of rotatable bonds is 8. The van der Waals surface area contributed by atoms with E-state index in [-0.39, 0.29) is 17.4 Å². The van der Waals surface area contributed by atoms with Gasteiger partial charge in [0.15, 0.2) is 0 Å². The highest BCUT2D eigenvalue weighted by molar-refractivity contribution is 5.71. The van der Waals surface area contributed by atoms with Crippen LogP contribution in [0.2, 0.25) is 0 Å².